The van der Waals surface area contributed by atoms with Crippen molar-refractivity contribution >= 4 is 27.0 Å². The Kier molecular flexibility index (Phi) is 7.02. The van der Waals surface area contributed by atoms with Crippen molar-refractivity contribution in [1.82, 2.24) is 14.2 Å². The number of hydrogen-bond acceptors (Lipinski definition) is 6. The first-order chi connectivity index (χ1) is 17.7. The Morgan fingerprint density at radius 2 is 1.86 bits per heavy atom. The fourth-order valence-corrected chi connectivity index (χ4v) is 7.28. The largest absolute Gasteiger partial charge is 0.497 e. The van der Waals surface area contributed by atoms with E-state index in [9.17, 15) is 13.2 Å². The van der Waals surface area contributed by atoms with Gasteiger partial charge in [-0.05, 0) is 85.9 Å². The number of rotatable bonds is 7. The Hall–Kier alpha value is -2.91. The van der Waals surface area contributed by atoms with E-state index in [4.69, 9.17) is 9.15 Å². The molecule has 9 heteroatoms. The molecular formula is C28H35N3O5S. The van der Waals surface area contributed by atoms with Crippen LogP contribution in [0.1, 0.15) is 57.9 Å². The summed E-state index contributed by atoms with van der Waals surface area (Å²) >= 11 is 0. The minimum Gasteiger partial charge on any atom is -0.497 e. The molecule has 1 aromatic heterocycles. The number of nitrogens with zero attached hydrogens (tertiary/aromatic N) is 3. The molecule has 37 heavy (non-hydrogen) atoms. The van der Waals surface area contributed by atoms with Crippen LogP contribution >= 0.6 is 0 Å². The summed E-state index contributed by atoms with van der Waals surface area (Å²) in [7, 11) is -2.29. The third-order valence-electron chi connectivity index (χ3n) is 7.94. The molecule has 198 valence electrons. The Labute approximate surface area is 218 Å². The molecule has 1 saturated carbocycles. The lowest BCUT2D eigenvalue weighted by Gasteiger charge is -2.41. The number of sulfonamides is 1. The second kappa shape index (κ2) is 10.1. The summed E-state index contributed by atoms with van der Waals surface area (Å²) in [6.07, 6.45) is 6.46. The van der Waals surface area contributed by atoms with Gasteiger partial charge in [-0.15, -0.1) is 0 Å². The Balaban J connectivity index is 1.43. The number of ether oxygens (including phenoxy) is 1. The van der Waals surface area contributed by atoms with Gasteiger partial charge in [-0.1, -0.05) is 19.9 Å². The van der Waals surface area contributed by atoms with Gasteiger partial charge in [-0.3, -0.25) is 4.79 Å². The Morgan fingerprint density at radius 1 is 1.14 bits per heavy atom. The van der Waals surface area contributed by atoms with E-state index in [0.29, 0.717) is 37.3 Å². The maximum absolute atomic E-state index is 14.2. The highest BCUT2D eigenvalue weighted by Gasteiger charge is 2.43. The summed E-state index contributed by atoms with van der Waals surface area (Å²) in [5.74, 6) is 0.475. The van der Waals surface area contributed by atoms with E-state index in [1.54, 1.807) is 31.4 Å². The molecular weight excluding hydrogens is 490 g/mol. The second-order valence-electron chi connectivity index (χ2n) is 11.0. The number of hydrogen-bond donors (Lipinski definition) is 0. The molecule has 0 unspecified atom stereocenters. The van der Waals surface area contributed by atoms with E-state index in [1.165, 1.54) is 10.7 Å². The lowest BCUT2D eigenvalue weighted by atomic mass is 9.75. The predicted octanol–water partition coefficient (Wildman–Crippen LogP) is 4.99. The van der Waals surface area contributed by atoms with Crippen LogP contribution in [0.25, 0.3) is 11.1 Å². The van der Waals surface area contributed by atoms with Gasteiger partial charge in [-0.25, -0.2) is 13.4 Å². The first kappa shape index (κ1) is 25.7. The lowest BCUT2D eigenvalue weighted by Crippen LogP contribution is -2.51. The standard InChI is InChI=1S/C28H35N3O5S/c1-28(2)14-12-21(13-15-28)30(18-20-6-11-26-24(17-20)29-19-36-26)27(32)25-5-4-16-31(25)37(33,34)23-9-7-22(35-3)8-10-23/h6-11,17,19,21,25H,4-5,12-16,18H2,1-3H3/t25-/m0/s1. The predicted molar refractivity (Wildman–Crippen MR) is 141 cm³/mol. The van der Waals surface area contributed by atoms with Gasteiger partial charge in [0.2, 0.25) is 15.9 Å². The highest BCUT2D eigenvalue weighted by atomic mass is 32.2. The SMILES string of the molecule is COc1ccc(S(=O)(=O)N2CCC[C@H]2C(=O)N(Cc2ccc3ocnc3c2)C2CCC(C)(C)CC2)cc1. The van der Waals surface area contributed by atoms with Crippen LogP contribution in [-0.4, -0.2) is 54.3 Å². The van der Waals surface area contributed by atoms with Crippen LogP contribution in [0.15, 0.2) is 58.2 Å². The number of methoxy groups -OCH3 is 1. The first-order valence-corrected chi connectivity index (χ1v) is 14.4. The molecule has 2 aliphatic rings. The number of benzene rings is 2. The molecule has 2 heterocycles. The van der Waals surface area contributed by atoms with E-state index in [1.807, 2.05) is 23.1 Å². The topological polar surface area (TPSA) is 93.0 Å². The number of amides is 1. The zero-order valence-corrected chi connectivity index (χ0v) is 22.5. The fraction of sp³-hybridized carbons (Fsp3) is 0.500. The molecule has 1 atom stereocenters. The highest BCUT2D eigenvalue weighted by molar-refractivity contribution is 7.89. The quantitative estimate of drug-likeness (QED) is 0.432. The smallest absolute Gasteiger partial charge is 0.243 e. The monoisotopic (exact) mass is 525 g/mol. The summed E-state index contributed by atoms with van der Waals surface area (Å²) in [5.41, 5.74) is 2.66. The van der Waals surface area contributed by atoms with Crippen molar-refractivity contribution in [2.75, 3.05) is 13.7 Å². The minimum atomic E-state index is -3.83. The van der Waals surface area contributed by atoms with E-state index < -0.39 is 16.1 Å². The van der Waals surface area contributed by atoms with Crippen LogP contribution in [-0.2, 0) is 21.4 Å². The second-order valence-corrected chi connectivity index (χ2v) is 12.9. The van der Waals surface area contributed by atoms with Gasteiger partial charge in [0.25, 0.3) is 0 Å². The molecule has 0 bridgehead atoms. The van der Waals surface area contributed by atoms with Crippen molar-refractivity contribution < 1.29 is 22.4 Å². The summed E-state index contributed by atoms with van der Waals surface area (Å²) in [5, 5.41) is 0. The van der Waals surface area contributed by atoms with Crippen molar-refractivity contribution in [1.29, 1.82) is 0 Å². The van der Waals surface area contributed by atoms with Gasteiger partial charge < -0.3 is 14.1 Å². The molecule has 1 aliphatic carbocycles. The molecule has 0 radical (unpaired) electrons. The third kappa shape index (κ3) is 5.25. The van der Waals surface area contributed by atoms with Gasteiger partial charge in [0.05, 0.1) is 12.0 Å². The van der Waals surface area contributed by atoms with Gasteiger partial charge >= 0.3 is 0 Å². The Morgan fingerprint density at radius 3 is 2.57 bits per heavy atom. The molecule has 1 aliphatic heterocycles. The van der Waals surface area contributed by atoms with Crippen LogP contribution < -0.4 is 4.74 Å². The normalized spacial score (nSPS) is 20.8. The molecule has 1 amide bonds. The molecule has 3 aromatic rings. The van der Waals surface area contributed by atoms with E-state index >= 15 is 0 Å². The lowest BCUT2D eigenvalue weighted by molar-refractivity contribution is -0.139. The van der Waals surface area contributed by atoms with E-state index in [-0.39, 0.29) is 22.3 Å². The zero-order chi connectivity index (χ0) is 26.2. The summed E-state index contributed by atoms with van der Waals surface area (Å²) < 4.78 is 39.2. The van der Waals surface area contributed by atoms with Crippen molar-refractivity contribution in [3.63, 3.8) is 0 Å². The first-order valence-electron chi connectivity index (χ1n) is 13.0. The fourth-order valence-electron chi connectivity index (χ4n) is 5.63. The summed E-state index contributed by atoms with van der Waals surface area (Å²) in [6, 6.07) is 11.5. The zero-order valence-electron chi connectivity index (χ0n) is 21.7. The highest BCUT2D eigenvalue weighted by Crippen LogP contribution is 2.38. The van der Waals surface area contributed by atoms with Crippen molar-refractivity contribution in [3.05, 3.63) is 54.4 Å². The van der Waals surface area contributed by atoms with Crippen LogP contribution in [0.2, 0.25) is 0 Å². The molecule has 2 aromatic carbocycles. The number of fused-ring (bicyclic) bond motifs is 1. The third-order valence-corrected chi connectivity index (χ3v) is 9.86. The number of carbonyl (C=O) groups excluding carboxylic acids is 1. The number of aromatic nitrogens is 1. The van der Waals surface area contributed by atoms with E-state index in [0.717, 1.165) is 36.8 Å². The van der Waals surface area contributed by atoms with Crippen LogP contribution in [0, 0.1) is 5.41 Å². The molecule has 8 nitrogen and oxygen atoms in total. The summed E-state index contributed by atoms with van der Waals surface area (Å²) in [6.45, 7) is 5.29. The van der Waals surface area contributed by atoms with Gasteiger partial charge in [0, 0.05) is 19.1 Å². The average molecular weight is 526 g/mol. The average Bonchev–Trinajstić information content (AvgIpc) is 3.57. The Bertz CT molecular complexity index is 1360. The minimum absolute atomic E-state index is 0.0691. The maximum Gasteiger partial charge on any atom is 0.243 e. The molecule has 1 saturated heterocycles. The summed E-state index contributed by atoms with van der Waals surface area (Å²) in [4.78, 5) is 20.6. The molecule has 0 spiro atoms. The molecule has 2 fully saturated rings. The van der Waals surface area contributed by atoms with Crippen LogP contribution in [0.3, 0.4) is 0 Å². The number of carbonyl (C=O) groups is 1. The number of oxazole rings is 1. The van der Waals surface area contributed by atoms with Gasteiger partial charge in [-0.2, -0.15) is 4.31 Å². The van der Waals surface area contributed by atoms with Crippen molar-refractivity contribution in [2.24, 2.45) is 5.41 Å². The van der Waals surface area contributed by atoms with Crippen LogP contribution in [0.5, 0.6) is 5.75 Å². The van der Waals surface area contributed by atoms with Crippen molar-refractivity contribution in [2.45, 2.75) is 75.9 Å². The van der Waals surface area contributed by atoms with Gasteiger partial charge in [0.1, 0.15) is 17.3 Å². The molecule has 5 rings (SSSR count). The molecule has 0 N–H and O–H groups in total. The van der Waals surface area contributed by atoms with Crippen molar-refractivity contribution in [3.8, 4) is 5.75 Å². The van der Waals surface area contributed by atoms with Gasteiger partial charge in [0.15, 0.2) is 12.0 Å². The van der Waals surface area contributed by atoms with Crippen LogP contribution in [0.4, 0.5) is 0 Å². The maximum atomic E-state index is 14.2. The van der Waals surface area contributed by atoms with E-state index in [2.05, 4.69) is 18.8 Å².